The number of carbonyl (C=O) groups is 4. The fourth-order valence-electron chi connectivity index (χ4n) is 5.05. The number of hydrogen-bond donors (Lipinski definition) is 1. The summed E-state index contributed by atoms with van der Waals surface area (Å²) in [7, 11) is 2.96. The van der Waals surface area contributed by atoms with Gasteiger partial charge in [0.15, 0.2) is 6.61 Å². The standard InChI is InChI=1S/C21H24N2O7/c1-28-13-5-6-15(29-2)14(8-13)22-16(24)10-30-17(25)9-23-20(26)18-11-3-4-12(7-11)19(18)21(23)27/h5-6,8,11-12,18-19H,3-4,7,9-10H2,1-2H3,(H,22,24)/t11-,12+,18-,19+. The van der Waals surface area contributed by atoms with Gasteiger partial charge in [-0.25, -0.2) is 0 Å². The summed E-state index contributed by atoms with van der Waals surface area (Å²) in [5, 5.41) is 2.59. The Balaban J connectivity index is 1.31. The monoisotopic (exact) mass is 416 g/mol. The minimum atomic E-state index is -0.795. The van der Waals surface area contributed by atoms with Crippen molar-refractivity contribution < 1.29 is 33.4 Å². The molecule has 3 amide bonds. The van der Waals surface area contributed by atoms with Crippen LogP contribution >= 0.6 is 0 Å². The summed E-state index contributed by atoms with van der Waals surface area (Å²) in [5.41, 5.74) is 0.367. The Labute approximate surface area is 173 Å². The number of amides is 3. The van der Waals surface area contributed by atoms with Gasteiger partial charge in [0.25, 0.3) is 5.91 Å². The number of rotatable bonds is 7. The van der Waals surface area contributed by atoms with E-state index in [0.717, 1.165) is 24.2 Å². The molecule has 3 fully saturated rings. The summed E-state index contributed by atoms with van der Waals surface area (Å²) in [5.74, 6) is -1.05. The van der Waals surface area contributed by atoms with E-state index in [1.165, 1.54) is 14.2 Å². The zero-order valence-corrected chi connectivity index (χ0v) is 16.9. The Morgan fingerprint density at radius 3 is 2.33 bits per heavy atom. The number of fused-ring (bicyclic) bond motifs is 5. The van der Waals surface area contributed by atoms with Crippen LogP contribution in [0.15, 0.2) is 18.2 Å². The van der Waals surface area contributed by atoms with Crippen LogP contribution in [-0.4, -0.2) is 56.0 Å². The largest absolute Gasteiger partial charge is 0.497 e. The molecule has 2 aliphatic carbocycles. The molecule has 0 spiro atoms. The lowest BCUT2D eigenvalue weighted by Crippen LogP contribution is -2.38. The van der Waals surface area contributed by atoms with Crippen molar-refractivity contribution in [1.82, 2.24) is 4.90 Å². The number of likely N-dealkylation sites (tertiary alicyclic amines) is 1. The number of hydrogen-bond acceptors (Lipinski definition) is 7. The van der Waals surface area contributed by atoms with Crippen molar-refractivity contribution in [2.24, 2.45) is 23.7 Å². The van der Waals surface area contributed by atoms with Crippen molar-refractivity contribution >= 4 is 29.4 Å². The number of imide groups is 1. The number of methoxy groups -OCH3 is 2. The number of nitrogens with zero attached hydrogens (tertiary/aromatic N) is 1. The van der Waals surface area contributed by atoms with E-state index in [-0.39, 0.29) is 35.5 Å². The van der Waals surface area contributed by atoms with Crippen LogP contribution in [0.2, 0.25) is 0 Å². The molecule has 160 valence electrons. The predicted molar refractivity (Wildman–Crippen MR) is 104 cm³/mol. The topological polar surface area (TPSA) is 111 Å². The van der Waals surface area contributed by atoms with Crippen LogP contribution in [0.1, 0.15) is 19.3 Å². The Bertz CT molecular complexity index is 871. The molecular weight excluding hydrogens is 392 g/mol. The fraction of sp³-hybridized carbons (Fsp3) is 0.524. The number of benzene rings is 1. The van der Waals surface area contributed by atoms with Crippen LogP contribution in [-0.2, 0) is 23.9 Å². The van der Waals surface area contributed by atoms with E-state index in [0.29, 0.717) is 17.2 Å². The van der Waals surface area contributed by atoms with Gasteiger partial charge >= 0.3 is 5.97 Å². The molecule has 2 bridgehead atoms. The van der Waals surface area contributed by atoms with Gasteiger partial charge in [0.2, 0.25) is 11.8 Å². The molecule has 30 heavy (non-hydrogen) atoms. The summed E-state index contributed by atoms with van der Waals surface area (Å²) < 4.78 is 15.3. The Morgan fingerprint density at radius 2 is 1.73 bits per heavy atom. The first-order valence-corrected chi connectivity index (χ1v) is 9.95. The van der Waals surface area contributed by atoms with E-state index in [1.54, 1.807) is 18.2 Å². The molecule has 1 aromatic carbocycles. The molecule has 1 heterocycles. The first-order chi connectivity index (χ1) is 14.4. The molecule has 4 atom stereocenters. The Morgan fingerprint density at radius 1 is 1.07 bits per heavy atom. The third-order valence-electron chi connectivity index (χ3n) is 6.35. The zero-order chi connectivity index (χ0) is 21.4. The van der Waals surface area contributed by atoms with Gasteiger partial charge in [-0.2, -0.15) is 0 Å². The van der Waals surface area contributed by atoms with Gasteiger partial charge in [0, 0.05) is 6.07 Å². The van der Waals surface area contributed by atoms with Crippen LogP contribution < -0.4 is 14.8 Å². The summed E-state index contributed by atoms with van der Waals surface area (Å²) >= 11 is 0. The van der Waals surface area contributed by atoms with E-state index in [1.807, 2.05) is 0 Å². The van der Waals surface area contributed by atoms with Crippen LogP contribution in [0.5, 0.6) is 11.5 Å². The molecule has 0 aromatic heterocycles. The van der Waals surface area contributed by atoms with Crippen LogP contribution in [0.3, 0.4) is 0 Å². The molecule has 9 nitrogen and oxygen atoms in total. The minimum absolute atomic E-state index is 0.251. The molecule has 4 rings (SSSR count). The molecular formula is C21H24N2O7. The second-order valence-corrected chi connectivity index (χ2v) is 7.92. The van der Waals surface area contributed by atoms with Crippen LogP contribution in [0.4, 0.5) is 5.69 Å². The van der Waals surface area contributed by atoms with Crippen molar-refractivity contribution in [3.8, 4) is 11.5 Å². The number of ether oxygens (including phenoxy) is 3. The predicted octanol–water partition coefficient (Wildman–Crippen LogP) is 1.22. The minimum Gasteiger partial charge on any atom is -0.497 e. The third kappa shape index (κ3) is 3.48. The molecule has 9 heteroatoms. The first-order valence-electron chi connectivity index (χ1n) is 9.95. The molecule has 0 radical (unpaired) electrons. The third-order valence-corrected chi connectivity index (χ3v) is 6.35. The Kier molecular flexibility index (Phi) is 5.36. The van der Waals surface area contributed by atoms with E-state index in [4.69, 9.17) is 14.2 Å². The number of anilines is 1. The van der Waals surface area contributed by atoms with E-state index < -0.39 is 25.0 Å². The number of esters is 1. The average Bonchev–Trinajstić information content (AvgIpc) is 3.42. The van der Waals surface area contributed by atoms with Crippen molar-refractivity contribution in [2.45, 2.75) is 19.3 Å². The normalized spacial score (nSPS) is 26.5. The maximum absolute atomic E-state index is 12.6. The molecule has 1 aliphatic heterocycles. The highest BCUT2D eigenvalue weighted by Gasteiger charge is 2.61. The highest BCUT2D eigenvalue weighted by Crippen LogP contribution is 2.56. The molecule has 0 unspecified atom stereocenters. The van der Waals surface area contributed by atoms with E-state index in [9.17, 15) is 19.2 Å². The van der Waals surface area contributed by atoms with Gasteiger partial charge in [-0.3, -0.25) is 24.1 Å². The number of nitrogens with one attached hydrogen (secondary N) is 1. The highest BCUT2D eigenvalue weighted by molar-refractivity contribution is 6.08. The molecule has 1 aromatic rings. The fourth-order valence-corrected chi connectivity index (χ4v) is 5.05. The summed E-state index contributed by atoms with van der Waals surface area (Å²) in [6.07, 6.45) is 2.87. The smallest absolute Gasteiger partial charge is 0.326 e. The van der Waals surface area contributed by atoms with Crippen molar-refractivity contribution in [3.63, 3.8) is 0 Å². The maximum Gasteiger partial charge on any atom is 0.326 e. The van der Waals surface area contributed by atoms with Gasteiger partial charge in [0.1, 0.15) is 18.0 Å². The maximum atomic E-state index is 12.6. The van der Waals surface area contributed by atoms with Crippen LogP contribution in [0, 0.1) is 23.7 Å². The Hall–Kier alpha value is -3.10. The highest BCUT2D eigenvalue weighted by atomic mass is 16.5. The van der Waals surface area contributed by atoms with Gasteiger partial charge < -0.3 is 19.5 Å². The van der Waals surface area contributed by atoms with Gasteiger partial charge in [-0.1, -0.05) is 0 Å². The van der Waals surface area contributed by atoms with Crippen molar-refractivity contribution in [1.29, 1.82) is 0 Å². The molecule has 1 saturated heterocycles. The zero-order valence-electron chi connectivity index (χ0n) is 16.9. The van der Waals surface area contributed by atoms with Gasteiger partial charge in [-0.15, -0.1) is 0 Å². The summed E-state index contributed by atoms with van der Waals surface area (Å²) in [6.45, 7) is -1.01. The molecule has 3 aliphatic rings. The quantitative estimate of drug-likeness (QED) is 0.525. The second kappa shape index (κ2) is 7.97. The molecule has 2 saturated carbocycles. The van der Waals surface area contributed by atoms with E-state index >= 15 is 0 Å². The molecule has 1 N–H and O–H groups in total. The first kappa shape index (κ1) is 20.2. The SMILES string of the molecule is COc1ccc(OC)c(NC(=O)COC(=O)CN2C(=O)[C@@H]3[C@@H]4CC[C@@H](C4)[C@@H]3C2=O)c1. The summed E-state index contributed by atoms with van der Waals surface area (Å²) in [6, 6.07) is 4.89. The van der Waals surface area contributed by atoms with Gasteiger partial charge in [-0.05, 0) is 43.2 Å². The average molecular weight is 416 g/mol. The van der Waals surface area contributed by atoms with Crippen molar-refractivity contribution in [2.75, 3.05) is 32.7 Å². The lowest BCUT2D eigenvalue weighted by atomic mass is 9.81. The number of carbonyl (C=O) groups excluding carboxylic acids is 4. The summed E-state index contributed by atoms with van der Waals surface area (Å²) in [4.78, 5) is 50.6. The van der Waals surface area contributed by atoms with Crippen molar-refractivity contribution in [3.05, 3.63) is 18.2 Å². The lowest BCUT2D eigenvalue weighted by molar-refractivity contribution is -0.154. The van der Waals surface area contributed by atoms with Crippen LogP contribution in [0.25, 0.3) is 0 Å². The second-order valence-electron chi connectivity index (χ2n) is 7.92. The lowest BCUT2D eigenvalue weighted by Gasteiger charge is -2.19. The van der Waals surface area contributed by atoms with Gasteiger partial charge in [0.05, 0.1) is 31.7 Å². The van der Waals surface area contributed by atoms with E-state index in [2.05, 4.69) is 5.32 Å².